The van der Waals surface area contributed by atoms with Gasteiger partial charge in [-0.2, -0.15) is 18.3 Å². The Morgan fingerprint density at radius 2 is 1.76 bits per heavy atom. The van der Waals surface area contributed by atoms with Crippen LogP contribution in [0.15, 0.2) is 24.3 Å². The van der Waals surface area contributed by atoms with E-state index in [1.165, 1.54) is 0 Å². The minimum absolute atomic E-state index is 0.0627. The first kappa shape index (κ1) is 22.2. The molecule has 2 aromatic heterocycles. The van der Waals surface area contributed by atoms with Crippen LogP contribution in [0, 0.1) is 5.92 Å². The molecule has 0 saturated carbocycles. The van der Waals surface area contributed by atoms with Crippen LogP contribution in [-0.4, -0.2) is 37.5 Å². The zero-order valence-electron chi connectivity index (χ0n) is 18.6. The average molecular weight is 477 g/mol. The molecule has 3 heterocycles. The number of carbonyl (C=O) groups excluding carboxylic acids is 1. The molecule has 33 heavy (non-hydrogen) atoms. The number of benzene rings is 1. The lowest BCUT2D eigenvalue weighted by atomic mass is 9.88. The molecule has 0 N–H and O–H groups in total. The molecular weight excluding hydrogens is 453 g/mol. The van der Waals surface area contributed by atoms with E-state index in [2.05, 4.69) is 17.0 Å². The smallest absolute Gasteiger partial charge is 0.332 e. The lowest BCUT2D eigenvalue weighted by molar-refractivity contribution is -0.143. The second kappa shape index (κ2) is 7.72. The number of rotatable bonds is 1. The molecule has 1 saturated heterocycles. The summed E-state index contributed by atoms with van der Waals surface area (Å²) in [7, 11) is 0. The monoisotopic (exact) mass is 476 g/mol. The highest BCUT2D eigenvalue weighted by atomic mass is 35.5. The number of aryl methyl sites for hydroxylation is 1. The maximum absolute atomic E-state index is 14.3. The average Bonchev–Trinajstić information content (AvgIpc) is 3.06. The highest BCUT2D eigenvalue weighted by molar-refractivity contribution is 6.36. The molecule has 1 fully saturated rings. The summed E-state index contributed by atoms with van der Waals surface area (Å²) in [5.41, 5.74) is 0.695. The largest absolute Gasteiger partial charge is 0.433 e. The summed E-state index contributed by atoms with van der Waals surface area (Å²) in [5.74, 6) is 0.00442. The molecule has 1 amide bonds. The van der Waals surface area contributed by atoms with Crippen LogP contribution >= 0.6 is 11.6 Å². The molecule has 9 heteroatoms. The summed E-state index contributed by atoms with van der Waals surface area (Å²) in [6.07, 6.45) is -2.39. The molecule has 3 atom stereocenters. The minimum Gasteiger partial charge on any atom is -0.332 e. The summed E-state index contributed by atoms with van der Waals surface area (Å²) in [4.78, 5) is 19.7. The molecule has 174 valence electrons. The lowest BCUT2D eigenvalue weighted by Crippen LogP contribution is -2.49. The molecule has 2 aliphatic rings. The van der Waals surface area contributed by atoms with Crippen LogP contribution in [0.1, 0.15) is 60.9 Å². The minimum atomic E-state index is -4.69. The number of carbonyl (C=O) groups is 1. The van der Waals surface area contributed by atoms with Crippen LogP contribution < -0.4 is 0 Å². The molecule has 1 aliphatic carbocycles. The van der Waals surface area contributed by atoms with Gasteiger partial charge in [0.2, 0.25) is 0 Å². The molecule has 0 spiro atoms. The number of amides is 1. The van der Waals surface area contributed by atoms with Crippen molar-refractivity contribution >= 4 is 23.2 Å². The van der Waals surface area contributed by atoms with Gasteiger partial charge >= 0.3 is 6.18 Å². The Labute approximate surface area is 194 Å². The molecule has 5 nitrogen and oxygen atoms in total. The number of nitrogens with zero attached hydrogens (tertiary/aromatic N) is 4. The highest BCUT2D eigenvalue weighted by Gasteiger charge is 2.42. The van der Waals surface area contributed by atoms with Crippen molar-refractivity contribution in [1.82, 2.24) is 19.5 Å². The van der Waals surface area contributed by atoms with Gasteiger partial charge in [-0.25, -0.2) is 9.50 Å². The maximum Gasteiger partial charge on any atom is 0.433 e. The zero-order chi connectivity index (χ0) is 23.7. The van der Waals surface area contributed by atoms with E-state index >= 15 is 0 Å². The van der Waals surface area contributed by atoms with Crippen LogP contribution in [0.3, 0.4) is 0 Å². The van der Waals surface area contributed by atoms with Gasteiger partial charge in [0.25, 0.3) is 5.91 Å². The second-order valence-corrected chi connectivity index (χ2v) is 9.71. The third kappa shape index (κ3) is 3.50. The fourth-order valence-electron chi connectivity index (χ4n) is 5.62. The fraction of sp³-hybridized carbons (Fsp3) is 0.458. The molecule has 1 aromatic carbocycles. The van der Waals surface area contributed by atoms with E-state index in [1.54, 1.807) is 17.0 Å². The fourth-order valence-corrected chi connectivity index (χ4v) is 5.86. The molecule has 5 rings (SSSR count). The molecular formula is C24H24ClF3N4O. The van der Waals surface area contributed by atoms with E-state index in [-0.39, 0.29) is 46.1 Å². The first-order chi connectivity index (χ1) is 15.6. The van der Waals surface area contributed by atoms with Crippen molar-refractivity contribution in [1.29, 1.82) is 0 Å². The molecule has 1 unspecified atom stereocenters. The molecule has 1 aliphatic heterocycles. The van der Waals surface area contributed by atoms with Crippen molar-refractivity contribution in [3.05, 3.63) is 51.8 Å². The van der Waals surface area contributed by atoms with Crippen LogP contribution in [0.4, 0.5) is 13.2 Å². The van der Waals surface area contributed by atoms with E-state index in [0.29, 0.717) is 17.9 Å². The first-order valence-corrected chi connectivity index (χ1v) is 11.5. The summed E-state index contributed by atoms with van der Waals surface area (Å²) >= 11 is 6.53. The van der Waals surface area contributed by atoms with Crippen LogP contribution in [-0.2, 0) is 19.0 Å². The van der Waals surface area contributed by atoms with Gasteiger partial charge in [0.05, 0.1) is 5.69 Å². The van der Waals surface area contributed by atoms with E-state index in [9.17, 15) is 18.0 Å². The van der Waals surface area contributed by atoms with Gasteiger partial charge in [-0.05, 0) is 51.0 Å². The molecule has 0 bridgehead atoms. The van der Waals surface area contributed by atoms with Crippen LogP contribution in [0.2, 0.25) is 5.02 Å². The Bertz CT molecular complexity index is 1260. The van der Waals surface area contributed by atoms with Crippen molar-refractivity contribution < 1.29 is 18.0 Å². The Hall–Kier alpha value is -2.61. The Morgan fingerprint density at radius 1 is 1.09 bits per heavy atom. The lowest BCUT2D eigenvalue weighted by Gasteiger charge is -2.41. The number of halogens is 4. The van der Waals surface area contributed by atoms with Gasteiger partial charge < -0.3 is 4.90 Å². The Balaban J connectivity index is 1.72. The van der Waals surface area contributed by atoms with Crippen molar-refractivity contribution in [2.75, 3.05) is 0 Å². The number of fused-ring (bicyclic) bond motifs is 4. The van der Waals surface area contributed by atoms with Crippen molar-refractivity contribution in [3.8, 4) is 11.3 Å². The number of aromatic nitrogens is 3. The standard InChI is InChI=1S/C24H24ClF3N4O/c1-12-10-13(2)31(14(3)11-12)23(33)20-18(25)22-29-19-16-7-5-4-6-15(16)8-9-17(19)21(24(26,27)28)32(22)30-20/h4-7,12-14H,8-11H2,1-3H3/t12?,13-,14+. The van der Waals surface area contributed by atoms with Crippen LogP contribution in [0.5, 0.6) is 0 Å². The van der Waals surface area contributed by atoms with E-state index in [1.807, 2.05) is 26.0 Å². The van der Waals surface area contributed by atoms with E-state index in [4.69, 9.17) is 11.6 Å². The normalized spacial score (nSPS) is 22.9. The summed E-state index contributed by atoms with van der Waals surface area (Å²) in [6, 6.07) is 7.17. The predicted molar refractivity (Wildman–Crippen MR) is 119 cm³/mol. The van der Waals surface area contributed by atoms with Gasteiger partial charge in [-0.3, -0.25) is 4.79 Å². The maximum atomic E-state index is 14.3. The van der Waals surface area contributed by atoms with Gasteiger partial charge in [-0.1, -0.05) is 42.8 Å². The van der Waals surface area contributed by atoms with Gasteiger partial charge in [0.15, 0.2) is 17.0 Å². The third-order valence-electron chi connectivity index (χ3n) is 6.87. The quantitative estimate of drug-likeness (QED) is 0.445. The van der Waals surface area contributed by atoms with E-state index in [0.717, 1.165) is 22.9 Å². The number of hydrogen-bond acceptors (Lipinski definition) is 3. The zero-order valence-corrected chi connectivity index (χ0v) is 19.3. The predicted octanol–water partition coefficient (Wildman–Crippen LogP) is 5.82. The summed E-state index contributed by atoms with van der Waals surface area (Å²) in [5, 5.41) is 3.97. The van der Waals surface area contributed by atoms with Gasteiger partial charge in [-0.15, -0.1) is 0 Å². The van der Waals surface area contributed by atoms with Crippen molar-refractivity contribution in [2.45, 2.75) is 64.7 Å². The number of hydrogen-bond donors (Lipinski definition) is 0. The molecule has 3 aromatic rings. The summed E-state index contributed by atoms with van der Waals surface area (Å²) < 4.78 is 43.7. The van der Waals surface area contributed by atoms with Crippen molar-refractivity contribution in [3.63, 3.8) is 0 Å². The second-order valence-electron chi connectivity index (χ2n) is 9.33. The Morgan fingerprint density at radius 3 is 2.42 bits per heavy atom. The van der Waals surface area contributed by atoms with E-state index < -0.39 is 17.8 Å². The number of piperidine rings is 1. The SMILES string of the molecule is CC1C[C@@H](C)N(C(=O)c2nn3c(C(F)(F)F)c4c(nc3c2Cl)-c2ccccc2CC4)[C@@H](C)C1. The number of alkyl halides is 3. The van der Waals surface area contributed by atoms with Crippen molar-refractivity contribution in [2.24, 2.45) is 5.92 Å². The van der Waals surface area contributed by atoms with Gasteiger partial charge in [0, 0.05) is 23.2 Å². The first-order valence-electron chi connectivity index (χ1n) is 11.2. The topological polar surface area (TPSA) is 50.5 Å². The van der Waals surface area contributed by atoms with Crippen LogP contribution in [0.25, 0.3) is 16.9 Å². The van der Waals surface area contributed by atoms with Gasteiger partial charge in [0.1, 0.15) is 5.02 Å². The number of likely N-dealkylation sites (tertiary alicyclic amines) is 1. The molecule has 0 radical (unpaired) electrons. The Kier molecular flexibility index (Phi) is 5.19. The third-order valence-corrected chi connectivity index (χ3v) is 7.21. The summed E-state index contributed by atoms with van der Waals surface area (Å²) in [6.45, 7) is 6.03. The highest BCUT2D eigenvalue weighted by Crippen LogP contribution is 2.42.